The normalized spacial score (nSPS) is 11.3. The lowest BCUT2D eigenvalue weighted by molar-refractivity contribution is -0.276. The van der Waals surface area contributed by atoms with Crippen molar-refractivity contribution in [1.29, 1.82) is 0 Å². The van der Waals surface area contributed by atoms with E-state index in [1.165, 1.54) is 0 Å². The number of rotatable bonds is 1. The van der Waals surface area contributed by atoms with Crippen LogP contribution >= 0.6 is 15.9 Å². The Labute approximate surface area is 73.7 Å². The molecule has 0 N–H and O–H groups in total. The summed E-state index contributed by atoms with van der Waals surface area (Å²) in [6.45, 7) is 0. The predicted molar refractivity (Wildman–Crippen MR) is 36.4 cm³/mol. The molecule has 12 heavy (non-hydrogen) atoms. The summed E-state index contributed by atoms with van der Waals surface area (Å²) in [5.74, 6) is -0.578. The van der Waals surface area contributed by atoms with Crippen molar-refractivity contribution in [3.63, 3.8) is 0 Å². The summed E-state index contributed by atoms with van der Waals surface area (Å²) in [5.41, 5.74) is 0. The van der Waals surface area contributed by atoms with Gasteiger partial charge in [-0.05, 0) is 15.9 Å². The van der Waals surface area contributed by atoms with Gasteiger partial charge >= 0.3 is 6.36 Å². The molecule has 1 heterocycles. The molecule has 1 aromatic heterocycles. The maximum atomic E-state index is 11.5. The average Bonchev–Trinajstić information content (AvgIpc) is 1.91. The molecule has 0 aliphatic rings. The second-order valence-corrected chi connectivity index (χ2v) is 2.54. The van der Waals surface area contributed by atoms with Crippen molar-refractivity contribution in [3.8, 4) is 5.88 Å². The molecule has 0 bridgehead atoms. The van der Waals surface area contributed by atoms with Crippen molar-refractivity contribution in [1.82, 2.24) is 9.97 Å². The van der Waals surface area contributed by atoms with Crippen LogP contribution in [0.5, 0.6) is 5.88 Å². The smallest absolute Gasteiger partial charge is 0.386 e. The summed E-state index contributed by atoms with van der Waals surface area (Å²) in [6, 6.07) is 0. The molecule has 0 fully saturated rings. The molecule has 0 unspecified atom stereocenters. The third-order valence-corrected chi connectivity index (χ3v) is 1.23. The molecular weight excluding hydrogens is 241 g/mol. The molecule has 0 aliphatic carbocycles. The Morgan fingerprint density at radius 2 is 1.92 bits per heavy atom. The van der Waals surface area contributed by atoms with E-state index in [1.54, 1.807) is 0 Å². The van der Waals surface area contributed by atoms with Gasteiger partial charge in [-0.1, -0.05) is 0 Å². The van der Waals surface area contributed by atoms with Gasteiger partial charge in [0.25, 0.3) is 0 Å². The van der Waals surface area contributed by atoms with Crippen molar-refractivity contribution in [2.75, 3.05) is 0 Å². The van der Waals surface area contributed by atoms with Crippen LogP contribution in [0.4, 0.5) is 13.2 Å². The largest absolute Gasteiger partial charge is 0.574 e. The van der Waals surface area contributed by atoms with E-state index >= 15 is 0 Å². The molecule has 0 saturated carbocycles. The minimum absolute atomic E-state index is 0.344. The summed E-state index contributed by atoms with van der Waals surface area (Å²) in [7, 11) is 0. The number of ether oxygens (including phenoxy) is 1. The third-order valence-electron chi connectivity index (χ3n) is 0.817. The molecule has 3 nitrogen and oxygen atoms in total. The number of hydrogen-bond acceptors (Lipinski definition) is 3. The standard InChI is InChI=1S/C5H2BrF3N2O/c6-3-1-11-4(2-10-3)12-5(7,8)9/h1-2H. The Hall–Kier alpha value is -0.850. The summed E-state index contributed by atoms with van der Waals surface area (Å²) in [5, 5.41) is 0. The average molecular weight is 243 g/mol. The van der Waals surface area contributed by atoms with Gasteiger partial charge in [0.2, 0.25) is 5.88 Å². The molecule has 0 amide bonds. The first kappa shape index (κ1) is 9.24. The molecule has 7 heteroatoms. The highest BCUT2D eigenvalue weighted by Gasteiger charge is 2.31. The molecule has 0 aliphatic heterocycles. The van der Waals surface area contributed by atoms with E-state index in [0.717, 1.165) is 12.4 Å². The lowest BCUT2D eigenvalue weighted by atomic mass is 10.7. The minimum atomic E-state index is -4.72. The zero-order valence-electron chi connectivity index (χ0n) is 5.47. The van der Waals surface area contributed by atoms with E-state index in [0.29, 0.717) is 4.60 Å². The van der Waals surface area contributed by atoms with Gasteiger partial charge in [0.05, 0.1) is 12.4 Å². The zero-order chi connectivity index (χ0) is 9.19. The molecule has 0 atom stereocenters. The topological polar surface area (TPSA) is 35.0 Å². The van der Waals surface area contributed by atoms with Crippen molar-refractivity contribution in [2.45, 2.75) is 6.36 Å². The number of halogens is 4. The van der Waals surface area contributed by atoms with Gasteiger partial charge < -0.3 is 4.74 Å². The van der Waals surface area contributed by atoms with Crippen LogP contribution in [0.15, 0.2) is 17.0 Å². The van der Waals surface area contributed by atoms with Gasteiger partial charge in [-0.25, -0.2) is 9.97 Å². The van der Waals surface area contributed by atoms with Crippen LogP contribution in [0.2, 0.25) is 0 Å². The van der Waals surface area contributed by atoms with Gasteiger partial charge in [0, 0.05) is 0 Å². The Morgan fingerprint density at radius 1 is 1.25 bits per heavy atom. The fourth-order valence-electron chi connectivity index (χ4n) is 0.472. The lowest BCUT2D eigenvalue weighted by Crippen LogP contribution is -2.17. The van der Waals surface area contributed by atoms with Crippen LogP contribution in [0.3, 0.4) is 0 Å². The Bertz CT molecular complexity index is 260. The van der Waals surface area contributed by atoms with Crippen molar-refractivity contribution < 1.29 is 17.9 Å². The molecule has 66 valence electrons. The van der Waals surface area contributed by atoms with Gasteiger partial charge in [0.1, 0.15) is 4.60 Å². The van der Waals surface area contributed by atoms with Crippen LogP contribution in [0, 0.1) is 0 Å². The van der Waals surface area contributed by atoms with E-state index in [1.807, 2.05) is 0 Å². The Morgan fingerprint density at radius 3 is 2.33 bits per heavy atom. The highest BCUT2D eigenvalue weighted by atomic mass is 79.9. The number of aromatic nitrogens is 2. The maximum absolute atomic E-state index is 11.5. The van der Waals surface area contributed by atoms with Crippen LogP contribution in [0.25, 0.3) is 0 Å². The second kappa shape index (κ2) is 3.26. The first-order chi connectivity index (χ1) is 5.47. The van der Waals surface area contributed by atoms with Crippen molar-refractivity contribution >= 4 is 15.9 Å². The minimum Gasteiger partial charge on any atom is -0.386 e. The maximum Gasteiger partial charge on any atom is 0.574 e. The molecule has 0 aromatic carbocycles. The fraction of sp³-hybridized carbons (Fsp3) is 0.200. The van der Waals surface area contributed by atoms with Gasteiger partial charge in [-0.15, -0.1) is 13.2 Å². The summed E-state index contributed by atoms with van der Waals surface area (Å²) in [6.07, 6.45) is -2.73. The molecule has 0 radical (unpaired) electrons. The first-order valence-electron chi connectivity index (χ1n) is 2.71. The highest BCUT2D eigenvalue weighted by molar-refractivity contribution is 9.10. The van der Waals surface area contributed by atoms with E-state index in [9.17, 15) is 13.2 Å². The summed E-state index contributed by atoms with van der Waals surface area (Å²) < 4.78 is 38.4. The third kappa shape index (κ3) is 3.04. The fourth-order valence-corrected chi connectivity index (χ4v) is 0.676. The van der Waals surface area contributed by atoms with E-state index in [4.69, 9.17) is 0 Å². The van der Waals surface area contributed by atoms with Crippen LogP contribution in [-0.2, 0) is 0 Å². The van der Waals surface area contributed by atoms with Crippen LogP contribution in [-0.4, -0.2) is 16.3 Å². The zero-order valence-corrected chi connectivity index (χ0v) is 7.06. The van der Waals surface area contributed by atoms with Gasteiger partial charge in [0.15, 0.2) is 0 Å². The van der Waals surface area contributed by atoms with Gasteiger partial charge in [-0.3, -0.25) is 0 Å². The van der Waals surface area contributed by atoms with Crippen LogP contribution in [0.1, 0.15) is 0 Å². The highest BCUT2D eigenvalue weighted by Crippen LogP contribution is 2.19. The Kier molecular flexibility index (Phi) is 2.51. The van der Waals surface area contributed by atoms with Crippen LogP contribution < -0.4 is 4.74 Å². The molecule has 1 rings (SSSR count). The number of hydrogen-bond donors (Lipinski definition) is 0. The molecule has 0 saturated heterocycles. The molecule has 0 spiro atoms. The first-order valence-corrected chi connectivity index (χ1v) is 3.50. The monoisotopic (exact) mass is 242 g/mol. The molecule has 1 aromatic rings. The number of nitrogens with zero attached hydrogens (tertiary/aromatic N) is 2. The SMILES string of the molecule is FC(F)(F)Oc1cnc(Br)cn1. The van der Waals surface area contributed by atoms with E-state index in [-0.39, 0.29) is 0 Å². The number of alkyl halides is 3. The van der Waals surface area contributed by atoms with Crippen molar-refractivity contribution in [2.24, 2.45) is 0 Å². The predicted octanol–water partition coefficient (Wildman–Crippen LogP) is 2.14. The summed E-state index contributed by atoms with van der Waals surface area (Å²) >= 11 is 2.91. The summed E-state index contributed by atoms with van der Waals surface area (Å²) in [4.78, 5) is 6.80. The van der Waals surface area contributed by atoms with Crippen molar-refractivity contribution in [3.05, 3.63) is 17.0 Å². The van der Waals surface area contributed by atoms with E-state index in [2.05, 4.69) is 30.6 Å². The lowest BCUT2D eigenvalue weighted by Gasteiger charge is -2.06. The molecular formula is C5H2BrF3N2O. The van der Waals surface area contributed by atoms with E-state index < -0.39 is 12.2 Å². The quantitative estimate of drug-likeness (QED) is 0.757. The van der Waals surface area contributed by atoms with Gasteiger partial charge in [-0.2, -0.15) is 0 Å². The Balaban J connectivity index is 2.71. The second-order valence-electron chi connectivity index (χ2n) is 1.73.